The maximum absolute atomic E-state index is 6.08. The van der Waals surface area contributed by atoms with Crippen molar-refractivity contribution >= 4 is 23.2 Å². The Labute approximate surface area is 107 Å². The molecule has 0 aliphatic rings. The van der Waals surface area contributed by atoms with Gasteiger partial charge in [0, 0.05) is 17.1 Å². The van der Waals surface area contributed by atoms with E-state index in [0.717, 1.165) is 12.0 Å². The maximum atomic E-state index is 6.08. The van der Waals surface area contributed by atoms with Crippen molar-refractivity contribution < 1.29 is 4.74 Å². The molecule has 0 heterocycles. The van der Waals surface area contributed by atoms with Crippen molar-refractivity contribution in [2.75, 3.05) is 6.61 Å². The first-order chi connectivity index (χ1) is 7.58. The molecule has 0 spiro atoms. The molecule has 0 bridgehead atoms. The molecule has 1 rings (SSSR count). The highest BCUT2D eigenvalue weighted by atomic mass is 35.5. The standard InChI is InChI=1S/C12H17Cl2NO/c1-3-8(2)7-16-12-9(6-15)4-10(13)5-11(12)14/h4-5,8H,3,6-7,15H2,1-2H3. The number of ether oxygens (including phenoxy) is 1. The highest BCUT2D eigenvalue weighted by Gasteiger charge is 2.10. The summed E-state index contributed by atoms with van der Waals surface area (Å²) < 4.78 is 5.70. The van der Waals surface area contributed by atoms with Gasteiger partial charge < -0.3 is 10.5 Å². The van der Waals surface area contributed by atoms with Crippen LogP contribution in [-0.2, 0) is 6.54 Å². The van der Waals surface area contributed by atoms with Crippen LogP contribution in [0.25, 0.3) is 0 Å². The van der Waals surface area contributed by atoms with Crippen molar-refractivity contribution in [2.24, 2.45) is 11.7 Å². The van der Waals surface area contributed by atoms with Crippen LogP contribution in [-0.4, -0.2) is 6.61 Å². The monoisotopic (exact) mass is 261 g/mol. The fourth-order valence-electron chi connectivity index (χ4n) is 1.27. The summed E-state index contributed by atoms with van der Waals surface area (Å²) in [5.41, 5.74) is 6.48. The molecule has 0 saturated heterocycles. The lowest BCUT2D eigenvalue weighted by molar-refractivity contribution is 0.254. The summed E-state index contributed by atoms with van der Waals surface area (Å²) in [7, 11) is 0. The lowest BCUT2D eigenvalue weighted by Gasteiger charge is -2.15. The molecular formula is C12H17Cl2NO. The average Bonchev–Trinajstić information content (AvgIpc) is 2.26. The van der Waals surface area contributed by atoms with Gasteiger partial charge in [-0.3, -0.25) is 0 Å². The van der Waals surface area contributed by atoms with Crippen LogP contribution in [0.3, 0.4) is 0 Å². The third-order valence-corrected chi connectivity index (χ3v) is 3.01. The predicted molar refractivity (Wildman–Crippen MR) is 69.3 cm³/mol. The van der Waals surface area contributed by atoms with Gasteiger partial charge in [0.05, 0.1) is 11.6 Å². The van der Waals surface area contributed by atoms with Crippen molar-refractivity contribution in [3.8, 4) is 5.75 Å². The molecule has 1 unspecified atom stereocenters. The van der Waals surface area contributed by atoms with E-state index in [0.29, 0.717) is 34.9 Å². The minimum Gasteiger partial charge on any atom is -0.491 e. The zero-order valence-electron chi connectivity index (χ0n) is 9.59. The number of rotatable bonds is 5. The number of hydrogen-bond acceptors (Lipinski definition) is 2. The quantitative estimate of drug-likeness (QED) is 0.874. The van der Waals surface area contributed by atoms with Gasteiger partial charge in [0.1, 0.15) is 5.75 Å². The van der Waals surface area contributed by atoms with E-state index in [1.165, 1.54) is 0 Å². The van der Waals surface area contributed by atoms with Crippen molar-refractivity contribution in [3.05, 3.63) is 27.7 Å². The second-order valence-corrected chi connectivity index (χ2v) is 4.75. The first kappa shape index (κ1) is 13.6. The van der Waals surface area contributed by atoms with Gasteiger partial charge in [0.25, 0.3) is 0 Å². The fourth-order valence-corrected chi connectivity index (χ4v) is 1.86. The van der Waals surface area contributed by atoms with Gasteiger partial charge in [-0.15, -0.1) is 0 Å². The van der Waals surface area contributed by atoms with Gasteiger partial charge >= 0.3 is 0 Å². The normalized spacial score (nSPS) is 12.6. The summed E-state index contributed by atoms with van der Waals surface area (Å²) in [6, 6.07) is 3.47. The van der Waals surface area contributed by atoms with Crippen LogP contribution >= 0.6 is 23.2 Å². The van der Waals surface area contributed by atoms with E-state index in [4.69, 9.17) is 33.7 Å². The molecule has 0 fully saturated rings. The van der Waals surface area contributed by atoms with Crippen molar-refractivity contribution in [3.63, 3.8) is 0 Å². The molecule has 0 amide bonds. The highest BCUT2D eigenvalue weighted by molar-refractivity contribution is 6.35. The summed E-state index contributed by atoms with van der Waals surface area (Å²) in [6.45, 7) is 5.27. The summed E-state index contributed by atoms with van der Waals surface area (Å²) in [5, 5.41) is 1.11. The van der Waals surface area contributed by atoms with Crippen LogP contribution in [0.5, 0.6) is 5.75 Å². The Balaban J connectivity index is 2.85. The van der Waals surface area contributed by atoms with E-state index < -0.39 is 0 Å². The summed E-state index contributed by atoms with van der Waals surface area (Å²) in [4.78, 5) is 0. The van der Waals surface area contributed by atoms with Crippen molar-refractivity contribution in [1.82, 2.24) is 0 Å². The third kappa shape index (κ3) is 3.55. The molecule has 0 aliphatic carbocycles. The van der Waals surface area contributed by atoms with Crippen LogP contribution in [0.1, 0.15) is 25.8 Å². The van der Waals surface area contributed by atoms with E-state index in [9.17, 15) is 0 Å². The van der Waals surface area contributed by atoms with Crippen molar-refractivity contribution in [2.45, 2.75) is 26.8 Å². The molecule has 2 nitrogen and oxygen atoms in total. The number of benzene rings is 1. The maximum Gasteiger partial charge on any atom is 0.142 e. The van der Waals surface area contributed by atoms with Crippen LogP contribution in [0.2, 0.25) is 10.0 Å². The predicted octanol–water partition coefficient (Wildman–Crippen LogP) is 3.88. The molecule has 90 valence electrons. The van der Waals surface area contributed by atoms with E-state index in [1.807, 2.05) is 0 Å². The lowest BCUT2D eigenvalue weighted by atomic mass is 10.1. The molecule has 1 aromatic carbocycles. The summed E-state index contributed by atoms with van der Waals surface area (Å²) >= 11 is 12.0. The molecule has 1 aromatic rings. The van der Waals surface area contributed by atoms with Gasteiger partial charge in [-0.1, -0.05) is 43.5 Å². The van der Waals surface area contributed by atoms with E-state index in [1.54, 1.807) is 12.1 Å². The van der Waals surface area contributed by atoms with Crippen LogP contribution in [0, 0.1) is 5.92 Å². The van der Waals surface area contributed by atoms with E-state index in [-0.39, 0.29) is 0 Å². The molecule has 0 radical (unpaired) electrons. The van der Waals surface area contributed by atoms with E-state index >= 15 is 0 Å². The molecule has 0 saturated carbocycles. The molecule has 16 heavy (non-hydrogen) atoms. The Morgan fingerprint density at radius 2 is 2.06 bits per heavy atom. The summed E-state index contributed by atoms with van der Waals surface area (Å²) in [5.74, 6) is 1.16. The van der Waals surface area contributed by atoms with Gasteiger partial charge in [-0.25, -0.2) is 0 Å². The summed E-state index contributed by atoms with van der Waals surface area (Å²) in [6.07, 6.45) is 1.07. The average molecular weight is 262 g/mol. The molecule has 0 aliphatic heterocycles. The van der Waals surface area contributed by atoms with Crippen molar-refractivity contribution in [1.29, 1.82) is 0 Å². The lowest BCUT2D eigenvalue weighted by Crippen LogP contribution is -2.10. The molecule has 4 heteroatoms. The Hall–Kier alpha value is -0.440. The number of hydrogen-bond donors (Lipinski definition) is 1. The van der Waals surface area contributed by atoms with Gasteiger partial charge in [-0.05, 0) is 18.1 Å². The minimum atomic E-state index is 0.371. The van der Waals surface area contributed by atoms with Crippen LogP contribution in [0.4, 0.5) is 0 Å². The smallest absolute Gasteiger partial charge is 0.142 e. The second-order valence-electron chi connectivity index (χ2n) is 3.90. The Kier molecular flexibility index (Phi) is 5.39. The Morgan fingerprint density at radius 1 is 1.38 bits per heavy atom. The molecule has 1 atom stereocenters. The van der Waals surface area contributed by atoms with Gasteiger partial charge in [0.15, 0.2) is 0 Å². The topological polar surface area (TPSA) is 35.2 Å². The minimum absolute atomic E-state index is 0.371. The fraction of sp³-hybridized carbons (Fsp3) is 0.500. The Bertz CT molecular complexity index is 355. The SMILES string of the molecule is CCC(C)COc1c(Cl)cc(Cl)cc1CN. The second kappa shape index (κ2) is 6.33. The first-order valence-corrected chi connectivity index (χ1v) is 6.14. The van der Waals surface area contributed by atoms with Gasteiger partial charge in [-0.2, -0.15) is 0 Å². The van der Waals surface area contributed by atoms with E-state index in [2.05, 4.69) is 13.8 Å². The highest BCUT2D eigenvalue weighted by Crippen LogP contribution is 2.32. The molecule has 0 aromatic heterocycles. The van der Waals surface area contributed by atoms with Gasteiger partial charge in [0.2, 0.25) is 0 Å². The van der Waals surface area contributed by atoms with Crippen LogP contribution in [0.15, 0.2) is 12.1 Å². The number of halogens is 2. The molecule has 2 N–H and O–H groups in total. The first-order valence-electron chi connectivity index (χ1n) is 5.39. The zero-order chi connectivity index (χ0) is 12.1. The third-order valence-electron chi connectivity index (χ3n) is 2.51. The Morgan fingerprint density at radius 3 is 2.62 bits per heavy atom. The van der Waals surface area contributed by atoms with Crippen LogP contribution < -0.4 is 10.5 Å². The largest absolute Gasteiger partial charge is 0.491 e. The zero-order valence-corrected chi connectivity index (χ0v) is 11.1. The molecular weight excluding hydrogens is 245 g/mol. The number of nitrogens with two attached hydrogens (primary N) is 1.